The van der Waals surface area contributed by atoms with Crippen molar-refractivity contribution in [3.8, 4) is 0 Å². The topological polar surface area (TPSA) is 69.7 Å². The summed E-state index contributed by atoms with van der Waals surface area (Å²) in [5.74, 6) is -5.14. The highest BCUT2D eigenvalue weighted by atomic mass is 19.3. The smallest absolute Gasteiger partial charge is 0.377 e. The first-order valence-corrected chi connectivity index (χ1v) is 10.7. The third-order valence-corrected chi connectivity index (χ3v) is 7.30. The van der Waals surface area contributed by atoms with E-state index in [9.17, 15) is 23.2 Å². The fraction of sp³-hybridized carbons (Fsp3) is 0.864. The van der Waals surface area contributed by atoms with Gasteiger partial charge in [0.05, 0.1) is 11.8 Å². The van der Waals surface area contributed by atoms with E-state index >= 15 is 0 Å². The number of rotatable bonds is 9. The number of carbonyl (C=O) groups excluding carboxylic acids is 3. The Kier molecular flexibility index (Phi) is 6.08. The number of esters is 2. The fourth-order valence-corrected chi connectivity index (χ4v) is 5.63. The van der Waals surface area contributed by atoms with E-state index in [-0.39, 0.29) is 6.61 Å². The second kappa shape index (κ2) is 7.95. The monoisotopic (exact) mass is 414 g/mol. The Labute approximate surface area is 170 Å². The minimum Gasteiger partial charge on any atom is -0.462 e. The molecule has 4 saturated carbocycles. The van der Waals surface area contributed by atoms with Gasteiger partial charge in [0.15, 0.2) is 0 Å². The maximum atomic E-state index is 14.4. The number of Topliss-reactive ketones (excluding diaryl/α,β-unsaturated/α-hetero) is 1. The molecule has 164 valence electrons. The molecule has 0 aromatic heterocycles. The molecule has 4 bridgehead atoms. The zero-order valence-corrected chi connectivity index (χ0v) is 17.6. The lowest BCUT2D eigenvalue weighted by Crippen LogP contribution is -2.51. The quantitative estimate of drug-likeness (QED) is 0.415. The molecule has 4 fully saturated rings. The summed E-state index contributed by atoms with van der Waals surface area (Å²) in [4.78, 5) is 36.5. The Morgan fingerprint density at radius 3 is 1.79 bits per heavy atom. The summed E-state index contributed by atoms with van der Waals surface area (Å²) in [6.45, 7) is 4.53. The van der Waals surface area contributed by atoms with Crippen LogP contribution in [0.3, 0.4) is 0 Å². The van der Waals surface area contributed by atoms with Crippen LogP contribution in [0.4, 0.5) is 8.78 Å². The van der Waals surface area contributed by atoms with Crippen LogP contribution in [0, 0.1) is 28.6 Å². The van der Waals surface area contributed by atoms with Gasteiger partial charge in [0, 0.05) is 5.41 Å². The van der Waals surface area contributed by atoms with E-state index in [0.717, 1.165) is 19.3 Å². The van der Waals surface area contributed by atoms with Crippen LogP contribution in [0.1, 0.15) is 72.1 Å². The molecule has 0 amide bonds. The van der Waals surface area contributed by atoms with Crippen molar-refractivity contribution in [1.82, 2.24) is 0 Å². The summed E-state index contributed by atoms with van der Waals surface area (Å²) >= 11 is 0. The van der Waals surface area contributed by atoms with Crippen LogP contribution in [-0.4, -0.2) is 36.9 Å². The lowest BCUT2D eigenvalue weighted by atomic mass is 9.48. The van der Waals surface area contributed by atoms with E-state index in [1.165, 1.54) is 0 Å². The predicted molar refractivity (Wildman–Crippen MR) is 101 cm³/mol. The van der Waals surface area contributed by atoms with Crippen LogP contribution < -0.4 is 0 Å². The third kappa shape index (κ3) is 4.64. The molecule has 0 saturated heterocycles. The Bertz CT molecular complexity index is 635. The molecule has 0 aromatic rings. The van der Waals surface area contributed by atoms with Crippen LogP contribution in [0.5, 0.6) is 0 Å². The Hall–Kier alpha value is -1.53. The molecule has 0 heterocycles. The molecule has 0 atom stereocenters. The van der Waals surface area contributed by atoms with E-state index in [1.807, 2.05) is 6.92 Å². The van der Waals surface area contributed by atoms with Crippen LogP contribution in [-0.2, 0) is 23.9 Å². The average molecular weight is 414 g/mol. The van der Waals surface area contributed by atoms with Gasteiger partial charge in [-0.15, -0.1) is 0 Å². The molecular formula is C22H32F2O5. The highest BCUT2D eigenvalue weighted by Crippen LogP contribution is 2.60. The van der Waals surface area contributed by atoms with E-state index in [4.69, 9.17) is 4.74 Å². The highest BCUT2D eigenvalue weighted by molar-refractivity contribution is 5.91. The number of hydrogen-bond acceptors (Lipinski definition) is 5. The van der Waals surface area contributed by atoms with Crippen LogP contribution in [0.25, 0.3) is 0 Å². The van der Waals surface area contributed by atoms with Crippen molar-refractivity contribution in [2.24, 2.45) is 28.6 Å². The first-order chi connectivity index (χ1) is 13.5. The standard InChI is InChI=1S/C22H32F2O5/c1-4-20(2,3)18(26)28-5-6-29-19(27)22(23,24)13-17(25)21-10-14-7-15(11-21)9-16(8-14)12-21/h14-16H,4-13H2,1-3H3. The molecule has 0 N–H and O–H groups in total. The van der Waals surface area contributed by atoms with Gasteiger partial charge in [-0.05, 0) is 76.5 Å². The molecule has 4 rings (SSSR count). The number of halogens is 2. The second-order valence-electron chi connectivity index (χ2n) is 10.0. The molecular weight excluding hydrogens is 382 g/mol. The lowest BCUT2D eigenvalue weighted by Gasteiger charge is -2.56. The van der Waals surface area contributed by atoms with Crippen molar-refractivity contribution in [3.05, 3.63) is 0 Å². The Balaban J connectivity index is 1.48. The molecule has 0 radical (unpaired) electrons. The summed E-state index contributed by atoms with van der Waals surface area (Å²) in [7, 11) is 0. The van der Waals surface area contributed by atoms with Crippen molar-refractivity contribution >= 4 is 17.7 Å². The molecule has 4 aliphatic carbocycles. The zero-order chi connectivity index (χ0) is 21.4. The molecule has 5 nitrogen and oxygen atoms in total. The maximum absolute atomic E-state index is 14.4. The van der Waals surface area contributed by atoms with Gasteiger partial charge in [-0.25, -0.2) is 4.79 Å². The van der Waals surface area contributed by atoms with Crippen molar-refractivity contribution in [1.29, 1.82) is 0 Å². The van der Waals surface area contributed by atoms with E-state index in [2.05, 4.69) is 4.74 Å². The first-order valence-electron chi connectivity index (χ1n) is 10.7. The molecule has 4 aliphatic rings. The number of carbonyl (C=O) groups is 3. The molecule has 0 spiro atoms. The molecule has 0 aromatic carbocycles. The number of ketones is 1. The lowest BCUT2D eigenvalue weighted by molar-refractivity contribution is -0.180. The normalized spacial score (nSPS) is 30.9. The number of ether oxygens (including phenoxy) is 2. The predicted octanol–water partition coefficient (Wildman–Crippen LogP) is 4.32. The van der Waals surface area contributed by atoms with Gasteiger partial charge < -0.3 is 9.47 Å². The minimum absolute atomic E-state index is 0.285. The van der Waals surface area contributed by atoms with Gasteiger partial charge in [-0.2, -0.15) is 8.78 Å². The van der Waals surface area contributed by atoms with Gasteiger partial charge in [0.1, 0.15) is 19.0 Å². The van der Waals surface area contributed by atoms with Crippen LogP contribution in [0.2, 0.25) is 0 Å². The molecule has 0 aliphatic heterocycles. The summed E-state index contributed by atoms with van der Waals surface area (Å²) in [5.41, 5.74) is -1.35. The van der Waals surface area contributed by atoms with Crippen molar-refractivity contribution in [3.63, 3.8) is 0 Å². The van der Waals surface area contributed by atoms with Crippen molar-refractivity contribution < 1.29 is 32.6 Å². The van der Waals surface area contributed by atoms with Gasteiger partial charge in [-0.3, -0.25) is 9.59 Å². The number of hydrogen-bond donors (Lipinski definition) is 0. The fourth-order valence-electron chi connectivity index (χ4n) is 5.63. The maximum Gasteiger partial charge on any atom is 0.377 e. The minimum atomic E-state index is -3.85. The zero-order valence-electron chi connectivity index (χ0n) is 17.6. The molecule has 7 heteroatoms. The summed E-state index contributed by atoms with van der Waals surface area (Å²) in [5, 5.41) is 0. The first kappa shape index (κ1) is 22.2. The van der Waals surface area contributed by atoms with Gasteiger partial charge >= 0.3 is 17.9 Å². The van der Waals surface area contributed by atoms with Gasteiger partial charge in [0.2, 0.25) is 0 Å². The highest BCUT2D eigenvalue weighted by Gasteiger charge is 2.56. The molecule has 29 heavy (non-hydrogen) atoms. The Morgan fingerprint density at radius 1 is 0.897 bits per heavy atom. The average Bonchev–Trinajstić information content (AvgIpc) is 2.63. The largest absolute Gasteiger partial charge is 0.462 e. The van der Waals surface area contributed by atoms with Gasteiger partial charge in [0.25, 0.3) is 0 Å². The summed E-state index contributed by atoms with van der Waals surface area (Å²) < 4.78 is 38.3. The molecule has 0 unspecified atom stereocenters. The van der Waals surface area contributed by atoms with Crippen LogP contribution in [0.15, 0.2) is 0 Å². The van der Waals surface area contributed by atoms with Gasteiger partial charge in [-0.1, -0.05) is 6.92 Å². The van der Waals surface area contributed by atoms with Crippen molar-refractivity contribution in [2.75, 3.05) is 13.2 Å². The SMILES string of the molecule is CCC(C)(C)C(=O)OCCOC(=O)C(F)(F)CC(=O)C12CC3CC(CC(C3)C1)C2. The second-order valence-corrected chi connectivity index (χ2v) is 10.0. The van der Waals surface area contributed by atoms with E-state index < -0.39 is 47.5 Å². The van der Waals surface area contributed by atoms with Crippen molar-refractivity contribution in [2.45, 2.75) is 78.1 Å². The number of alkyl halides is 2. The third-order valence-electron chi connectivity index (χ3n) is 7.30. The van der Waals surface area contributed by atoms with Crippen LogP contribution >= 0.6 is 0 Å². The Morgan fingerprint density at radius 2 is 1.34 bits per heavy atom. The summed E-state index contributed by atoms with van der Waals surface area (Å²) in [6, 6.07) is 0. The summed E-state index contributed by atoms with van der Waals surface area (Å²) in [6.07, 6.45) is 4.86. The van der Waals surface area contributed by atoms with E-state index in [1.54, 1.807) is 13.8 Å². The van der Waals surface area contributed by atoms with E-state index in [0.29, 0.717) is 43.4 Å².